The Balaban J connectivity index is 1.65. The summed E-state index contributed by atoms with van der Waals surface area (Å²) in [6.45, 7) is 4.10. The predicted octanol–water partition coefficient (Wildman–Crippen LogP) is 3.05. The van der Waals surface area contributed by atoms with Crippen LogP contribution in [-0.4, -0.2) is 30.6 Å². The second-order valence-electron chi connectivity index (χ2n) is 5.72. The highest BCUT2D eigenvalue weighted by Gasteiger charge is 2.30. The van der Waals surface area contributed by atoms with Gasteiger partial charge >= 0.3 is 0 Å². The molecule has 2 heterocycles. The Bertz CT molecular complexity index is 452. The lowest BCUT2D eigenvalue weighted by molar-refractivity contribution is 0.109. The molecule has 2 unspecified atom stereocenters. The van der Waals surface area contributed by atoms with Gasteiger partial charge in [-0.3, -0.25) is 4.90 Å². The van der Waals surface area contributed by atoms with Crippen LogP contribution in [0.4, 0.5) is 4.39 Å². The first-order valence-electron chi connectivity index (χ1n) is 7.12. The fourth-order valence-electron chi connectivity index (χ4n) is 3.37. The molecule has 104 valence electrons. The summed E-state index contributed by atoms with van der Waals surface area (Å²) in [5.74, 6) is 0.545. The van der Waals surface area contributed by atoms with E-state index in [2.05, 4.69) is 10.2 Å². The van der Waals surface area contributed by atoms with Crippen LogP contribution in [0, 0.1) is 11.7 Å². The molecule has 1 aromatic rings. The number of benzene rings is 1. The molecule has 0 bridgehead atoms. The fourth-order valence-corrected chi connectivity index (χ4v) is 3.55. The van der Waals surface area contributed by atoms with Crippen molar-refractivity contribution in [2.24, 2.45) is 5.92 Å². The molecule has 2 fully saturated rings. The Morgan fingerprint density at radius 3 is 3.16 bits per heavy atom. The Morgan fingerprint density at radius 2 is 2.26 bits per heavy atom. The minimum Gasteiger partial charge on any atom is -0.314 e. The zero-order valence-corrected chi connectivity index (χ0v) is 11.8. The molecule has 0 spiro atoms. The lowest BCUT2D eigenvalue weighted by Crippen LogP contribution is -2.51. The predicted molar refractivity (Wildman–Crippen MR) is 75.8 cm³/mol. The van der Waals surface area contributed by atoms with E-state index in [0.717, 1.165) is 37.7 Å². The molecule has 0 aromatic heterocycles. The summed E-state index contributed by atoms with van der Waals surface area (Å²) in [4.78, 5) is 2.41. The minimum absolute atomic E-state index is 0.200. The van der Waals surface area contributed by atoms with Crippen molar-refractivity contribution in [1.82, 2.24) is 10.2 Å². The second kappa shape index (κ2) is 5.78. The molecule has 2 saturated heterocycles. The van der Waals surface area contributed by atoms with Crippen molar-refractivity contribution in [3.05, 3.63) is 34.6 Å². The number of hydrogen-bond donors (Lipinski definition) is 1. The van der Waals surface area contributed by atoms with Crippen LogP contribution >= 0.6 is 11.6 Å². The van der Waals surface area contributed by atoms with Gasteiger partial charge in [0, 0.05) is 24.2 Å². The molecular formula is C15H20ClFN2. The van der Waals surface area contributed by atoms with Gasteiger partial charge in [0.05, 0.1) is 0 Å². The number of halogens is 2. The molecule has 19 heavy (non-hydrogen) atoms. The van der Waals surface area contributed by atoms with Gasteiger partial charge in [-0.15, -0.1) is 0 Å². The van der Waals surface area contributed by atoms with Gasteiger partial charge in [-0.1, -0.05) is 11.6 Å². The summed E-state index contributed by atoms with van der Waals surface area (Å²) < 4.78 is 13.3. The van der Waals surface area contributed by atoms with Gasteiger partial charge in [-0.05, 0) is 62.0 Å². The number of piperidine rings is 2. The lowest BCUT2D eigenvalue weighted by atomic mass is 9.85. The molecule has 0 amide bonds. The van der Waals surface area contributed by atoms with E-state index < -0.39 is 0 Å². The molecule has 2 nitrogen and oxygen atoms in total. The quantitative estimate of drug-likeness (QED) is 0.897. The van der Waals surface area contributed by atoms with E-state index in [1.54, 1.807) is 12.1 Å². The molecule has 3 rings (SSSR count). The number of fused-ring (bicyclic) bond motifs is 1. The molecule has 4 heteroatoms. The topological polar surface area (TPSA) is 15.3 Å². The fraction of sp³-hybridized carbons (Fsp3) is 0.600. The highest BCUT2D eigenvalue weighted by Crippen LogP contribution is 2.27. The maximum atomic E-state index is 13.3. The van der Waals surface area contributed by atoms with Gasteiger partial charge in [-0.25, -0.2) is 4.39 Å². The summed E-state index contributed by atoms with van der Waals surface area (Å²) in [5.41, 5.74) is 0.906. The van der Waals surface area contributed by atoms with E-state index in [9.17, 15) is 4.39 Å². The van der Waals surface area contributed by atoms with Crippen LogP contribution in [0.1, 0.15) is 24.8 Å². The molecule has 1 N–H and O–H groups in total. The van der Waals surface area contributed by atoms with E-state index in [0.29, 0.717) is 11.1 Å². The molecule has 0 radical (unpaired) electrons. The summed E-state index contributed by atoms with van der Waals surface area (Å²) in [6, 6.07) is 5.32. The SMILES string of the molecule is Fc1ccc(Cl)c(CN2CCC3NCCCC3C2)c1. The number of rotatable bonds is 2. The Labute approximate surface area is 118 Å². The number of nitrogens with zero attached hydrogens (tertiary/aromatic N) is 1. The maximum absolute atomic E-state index is 13.3. The Kier molecular flexibility index (Phi) is 4.06. The monoisotopic (exact) mass is 282 g/mol. The molecule has 1 aromatic carbocycles. The third kappa shape index (κ3) is 3.10. The van der Waals surface area contributed by atoms with Gasteiger partial charge in [0.2, 0.25) is 0 Å². The van der Waals surface area contributed by atoms with Crippen LogP contribution in [0.15, 0.2) is 18.2 Å². The standard InChI is InChI=1S/C15H20ClFN2/c16-14-4-3-13(17)8-12(14)10-19-7-5-15-11(9-19)2-1-6-18-15/h3-4,8,11,15,18H,1-2,5-7,9-10H2. The second-order valence-corrected chi connectivity index (χ2v) is 6.13. The molecule has 0 aliphatic carbocycles. The van der Waals surface area contributed by atoms with Crippen LogP contribution < -0.4 is 5.32 Å². The van der Waals surface area contributed by atoms with Crippen LogP contribution in [-0.2, 0) is 6.54 Å². The van der Waals surface area contributed by atoms with Crippen molar-refractivity contribution in [2.75, 3.05) is 19.6 Å². The van der Waals surface area contributed by atoms with Gasteiger partial charge in [0.25, 0.3) is 0 Å². The first-order chi connectivity index (χ1) is 9.22. The first kappa shape index (κ1) is 13.3. The van der Waals surface area contributed by atoms with Crippen LogP contribution in [0.5, 0.6) is 0 Å². The molecule has 0 saturated carbocycles. The van der Waals surface area contributed by atoms with Crippen molar-refractivity contribution in [3.8, 4) is 0 Å². The normalized spacial score (nSPS) is 28.1. The van der Waals surface area contributed by atoms with E-state index in [4.69, 9.17) is 11.6 Å². The summed E-state index contributed by atoms with van der Waals surface area (Å²) in [5, 5.41) is 4.28. The zero-order valence-electron chi connectivity index (χ0n) is 11.0. The van der Waals surface area contributed by atoms with Crippen molar-refractivity contribution >= 4 is 11.6 Å². The van der Waals surface area contributed by atoms with Crippen molar-refractivity contribution < 1.29 is 4.39 Å². The van der Waals surface area contributed by atoms with Gasteiger partial charge in [0.1, 0.15) is 5.82 Å². The Hall–Kier alpha value is -0.640. The third-order valence-corrected chi connectivity index (χ3v) is 4.75. The maximum Gasteiger partial charge on any atom is 0.123 e. The molecule has 2 aliphatic heterocycles. The van der Waals surface area contributed by atoms with Crippen LogP contribution in [0.25, 0.3) is 0 Å². The highest BCUT2D eigenvalue weighted by atomic mass is 35.5. The lowest BCUT2D eigenvalue weighted by Gasteiger charge is -2.41. The largest absolute Gasteiger partial charge is 0.314 e. The summed E-state index contributed by atoms with van der Waals surface area (Å²) in [6.07, 6.45) is 3.78. The minimum atomic E-state index is -0.200. The number of nitrogens with one attached hydrogen (secondary N) is 1. The highest BCUT2D eigenvalue weighted by molar-refractivity contribution is 6.31. The van der Waals surface area contributed by atoms with Crippen molar-refractivity contribution in [2.45, 2.75) is 31.8 Å². The third-order valence-electron chi connectivity index (χ3n) is 4.38. The van der Waals surface area contributed by atoms with Gasteiger partial charge in [0.15, 0.2) is 0 Å². The molecule has 2 aliphatic rings. The van der Waals surface area contributed by atoms with E-state index >= 15 is 0 Å². The number of likely N-dealkylation sites (tertiary alicyclic amines) is 1. The van der Waals surface area contributed by atoms with Crippen molar-refractivity contribution in [1.29, 1.82) is 0 Å². The van der Waals surface area contributed by atoms with Crippen LogP contribution in [0.2, 0.25) is 5.02 Å². The first-order valence-corrected chi connectivity index (χ1v) is 7.50. The summed E-state index contributed by atoms with van der Waals surface area (Å²) >= 11 is 6.15. The van der Waals surface area contributed by atoms with Gasteiger partial charge in [-0.2, -0.15) is 0 Å². The average molecular weight is 283 g/mol. The Morgan fingerprint density at radius 1 is 1.37 bits per heavy atom. The zero-order chi connectivity index (χ0) is 13.2. The average Bonchev–Trinajstić information content (AvgIpc) is 2.43. The van der Waals surface area contributed by atoms with Gasteiger partial charge < -0.3 is 5.32 Å². The van der Waals surface area contributed by atoms with Crippen LogP contribution in [0.3, 0.4) is 0 Å². The molecular weight excluding hydrogens is 263 g/mol. The van der Waals surface area contributed by atoms with E-state index in [1.807, 2.05) is 0 Å². The van der Waals surface area contributed by atoms with E-state index in [-0.39, 0.29) is 5.82 Å². The number of hydrogen-bond acceptors (Lipinski definition) is 2. The smallest absolute Gasteiger partial charge is 0.123 e. The summed E-state index contributed by atoms with van der Waals surface area (Å²) in [7, 11) is 0. The molecule has 2 atom stereocenters. The van der Waals surface area contributed by atoms with Crippen molar-refractivity contribution in [3.63, 3.8) is 0 Å². The van der Waals surface area contributed by atoms with E-state index in [1.165, 1.54) is 25.3 Å².